The molecule has 0 radical (unpaired) electrons. The van der Waals surface area contributed by atoms with E-state index in [9.17, 15) is 18.0 Å². The van der Waals surface area contributed by atoms with Crippen LogP contribution in [-0.4, -0.2) is 12.5 Å². The Hall–Kier alpha value is -1.06. The molecule has 0 N–H and O–H groups in total. The summed E-state index contributed by atoms with van der Waals surface area (Å²) in [4.78, 5) is 10.1. The van der Waals surface area contributed by atoms with Gasteiger partial charge in [0.1, 0.15) is 6.29 Å². The minimum Gasteiger partial charge on any atom is -0.298 e. The van der Waals surface area contributed by atoms with Crippen LogP contribution in [0.3, 0.4) is 0 Å². The summed E-state index contributed by atoms with van der Waals surface area (Å²) in [6.07, 6.45) is -1.83. The highest BCUT2D eigenvalue weighted by Crippen LogP contribution is 2.25. The second-order valence-electron chi connectivity index (χ2n) is 2.23. The quantitative estimate of drug-likeness (QED) is 0.361. The first-order chi connectivity index (χ1) is 5.41. The van der Waals surface area contributed by atoms with Crippen molar-refractivity contribution in [1.29, 1.82) is 0 Å². The van der Waals surface area contributed by atoms with Gasteiger partial charge in [-0.15, -0.1) is 0 Å². The first-order valence-electron chi connectivity index (χ1n) is 3.28. The van der Waals surface area contributed by atoms with Crippen LogP contribution < -0.4 is 0 Å². The van der Waals surface area contributed by atoms with E-state index in [0.717, 1.165) is 13.0 Å². The first-order valence-corrected chi connectivity index (χ1v) is 3.28. The number of aldehydes is 1. The van der Waals surface area contributed by atoms with E-state index in [4.69, 9.17) is 0 Å². The zero-order chi connectivity index (χ0) is 9.78. The summed E-state index contributed by atoms with van der Waals surface area (Å²) in [7, 11) is 0. The lowest BCUT2D eigenvalue weighted by atomic mass is 10.2. The van der Waals surface area contributed by atoms with E-state index in [0.29, 0.717) is 6.29 Å². The average Bonchev–Trinajstić information content (AvgIpc) is 1.97. The van der Waals surface area contributed by atoms with Crippen molar-refractivity contribution >= 4 is 6.29 Å². The summed E-state index contributed by atoms with van der Waals surface area (Å²) in [6.45, 7) is 2.43. The molecule has 12 heavy (non-hydrogen) atoms. The molecule has 0 spiro atoms. The largest absolute Gasteiger partial charge is 0.412 e. The summed E-state index contributed by atoms with van der Waals surface area (Å²) < 4.78 is 35.6. The van der Waals surface area contributed by atoms with Crippen LogP contribution in [0.25, 0.3) is 0 Å². The normalized spacial score (nSPS) is 14.8. The topological polar surface area (TPSA) is 17.1 Å². The molecule has 0 rings (SSSR count). The number of hydrogen-bond donors (Lipinski definition) is 0. The number of alkyl halides is 3. The summed E-state index contributed by atoms with van der Waals surface area (Å²) in [6, 6.07) is 0. The average molecular weight is 178 g/mol. The van der Waals surface area contributed by atoms with Crippen molar-refractivity contribution in [3.05, 3.63) is 23.3 Å². The zero-order valence-corrected chi connectivity index (χ0v) is 6.77. The lowest BCUT2D eigenvalue weighted by Gasteiger charge is -2.05. The van der Waals surface area contributed by atoms with Crippen LogP contribution in [0.4, 0.5) is 13.2 Å². The van der Waals surface area contributed by atoms with Gasteiger partial charge in [0.05, 0.1) is 0 Å². The predicted molar refractivity (Wildman–Crippen MR) is 39.6 cm³/mol. The molecule has 68 valence electrons. The third-order valence-corrected chi connectivity index (χ3v) is 1.30. The Labute approximate surface area is 68.6 Å². The minimum absolute atomic E-state index is 0.0322. The molecule has 0 fully saturated rings. The highest BCUT2D eigenvalue weighted by atomic mass is 19.4. The molecule has 0 heterocycles. The molecule has 0 atom stereocenters. The van der Waals surface area contributed by atoms with Gasteiger partial charge in [0.25, 0.3) is 0 Å². The van der Waals surface area contributed by atoms with Crippen LogP contribution in [0.2, 0.25) is 0 Å². The van der Waals surface area contributed by atoms with Gasteiger partial charge in [-0.1, -0.05) is 6.08 Å². The van der Waals surface area contributed by atoms with Crippen LogP contribution >= 0.6 is 0 Å². The summed E-state index contributed by atoms with van der Waals surface area (Å²) in [5.74, 6) is 0. The van der Waals surface area contributed by atoms with Gasteiger partial charge in [-0.25, -0.2) is 0 Å². The molecule has 0 aromatic rings. The van der Waals surface area contributed by atoms with Gasteiger partial charge < -0.3 is 0 Å². The highest BCUT2D eigenvalue weighted by Gasteiger charge is 2.29. The molecule has 0 bridgehead atoms. The van der Waals surface area contributed by atoms with E-state index in [1.165, 1.54) is 13.0 Å². The Bertz CT molecular complexity index is 223. The molecule has 0 amide bonds. The van der Waals surface area contributed by atoms with E-state index in [1.54, 1.807) is 0 Å². The third-order valence-electron chi connectivity index (χ3n) is 1.30. The maximum atomic E-state index is 11.9. The number of rotatable bonds is 2. The van der Waals surface area contributed by atoms with Gasteiger partial charge in [-0.05, 0) is 19.9 Å². The third kappa shape index (κ3) is 3.37. The molecule has 0 aromatic carbocycles. The Morgan fingerprint density at radius 1 is 1.33 bits per heavy atom. The highest BCUT2D eigenvalue weighted by molar-refractivity contribution is 5.77. The number of carbonyl (C=O) groups is 1. The Kier molecular flexibility index (Phi) is 3.73. The van der Waals surface area contributed by atoms with Crippen molar-refractivity contribution in [3.63, 3.8) is 0 Å². The van der Waals surface area contributed by atoms with E-state index in [2.05, 4.69) is 0 Å². The lowest BCUT2D eigenvalue weighted by Crippen LogP contribution is -2.09. The van der Waals surface area contributed by atoms with Crippen molar-refractivity contribution in [3.8, 4) is 0 Å². The number of hydrogen-bond acceptors (Lipinski definition) is 1. The summed E-state index contributed by atoms with van der Waals surface area (Å²) >= 11 is 0. The fourth-order valence-electron chi connectivity index (χ4n) is 0.517. The molecule has 0 aliphatic carbocycles. The number of allylic oxidation sites excluding steroid dienone is 4. The minimum atomic E-state index is -4.35. The predicted octanol–water partition coefficient (Wildman–Crippen LogP) is 2.64. The fourth-order valence-corrected chi connectivity index (χ4v) is 0.517. The van der Waals surface area contributed by atoms with E-state index < -0.39 is 11.7 Å². The zero-order valence-electron chi connectivity index (χ0n) is 6.77. The fraction of sp³-hybridized carbons (Fsp3) is 0.375. The molecule has 0 aromatic heterocycles. The van der Waals surface area contributed by atoms with Gasteiger partial charge in [0, 0.05) is 11.1 Å². The second kappa shape index (κ2) is 4.09. The van der Waals surface area contributed by atoms with Crippen molar-refractivity contribution in [2.75, 3.05) is 0 Å². The summed E-state index contributed by atoms with van der Waals surface area (Å²) in [5.41, 5.74) is -0.743. The maximum Gasteiger partial charge on any atom is 0.412 e. The van der Waals surface area contributed by atoms with Crippen LogP contribution in [0, 0.1) is 0 Å². The van der Waals surface area contributed by atoms with Crippen molar-refractivity contribution in [1.82, 2.24) is 0 Å². The molecular formula is C8H9F3O. The molecule has 0 aliphatic heterocycles. The number of carbonyl (C=O) groups excluding carboxylic acids is 1. The van der Waals surface area contributed by atoms with Crippen molar-refractivity contribution < 1.29 is 18.0 Å². The molecule has 0 saturated carbocycles. The van der Waals surface area contributed by atoms with Gasteiger partial charge >= 0.3 is 6.18 Å². The lowest BCUT2D eigenvalue weighted by molar-refractivity contribution is -0.104. The standard InChI is InChI=1S/C8H9F3O/c1-3-7(5-12)4-6(2)8(9,10)11/h3-5H,1-2H3/b6-4+,7-3+. The number of halogens is 3. The Balaban J connectivity index is 4.67. The first kappa shape index (κ1) is 10.9. The van der Waals surface area contributed by atoms with Crippen molar-refractivity contribution in [2.45, 2.75) is 20.0 Å². The van der Waals surface area contributed by atoms with Crippen LogP contribution in [0.15, 0.2) is 23.3 Å². The second-order valence-corrected chi connectivity index (χ2v) is 2.23. The molecule has 1 nitrogen and oxygen atoms in total. The van der Waals surface area contributed by atoms with Gasteiger partial charge in [-0.3, -0.25) is 4.79 Å². The van der Waals surface area contributed by atoms with Crippen molar-refractivity contribution in [2.24, 2.45) is 0 Å². The van der Waals surface area contributed by atoms with E-state index >= 15 is 0 Å². The van der Waals surface area contributed by atoms with E-state index in [1.807, 2.05) is 0 Å². The van der Waals surface area contributed by atoms with Gasteiger partial charge in [-0.2, -0.15) is 13.2 Å². The summed E-state index contributed by atoms with van der Waals surface area (Å²) in [5, 5.41) is 0. The Morgan fingerprint density at radius 3 is 2.08 bits per heavy atom. The van der Waals surface area contributed by atoms with Crippen LogP contribution in [0.1, 0.15) is 13.8 Å². The molecule has 0 saturated heterocycles. The Morgan fingerprint density at radius 2 is 1.83 bits per heavy atom. The van der Waals surface area contributed by atoms with Gasteiger partial charge in [0.2, 0.25) is 0 Å². The molecular weight excluding hydrogens is 169 g/mol. The molecule has 0 unspecified atom stereocenters. The maximum absolute atomic E-state index is 11.9. The molecule has 0 aliphatic rings. The van der Waals surface area contributed by atoms with Crippen LogP contribution in [0.5, 0.6) is 0 Å². The monoisotopic (exact) mass is 178 g/mol. The SMILES string of the molecule is C/C=C(C=O)\C=C(/C)C(F)(F)F. The van der Waals surface area contributed by atoms with Crippen LogP contribution in [-0.2, 0) is 4.79 Å². The molecule has 4 heteroatoms. The smallest absolute Gasteiger partial charge is 0.298 e. The van der Waals surface area contributed by atoms with E-state index in [-0.39, 0.29) is 5.57 Å². The van der Waals surface area contributed by atoms with Gasteiger partial charge in [0.15, 0.2) is 0 Å².